The minimum Gasteiger partial charge on any atom is -0.334 e. The van der Waals surface area contributed by atoms with Gasteiger partial charge >= 0.3 is 6.03 Å². The third-order valence-electron chi connectivity index (χ3n) is 3.63. The van der Waals surface area contributed by atoms with Crippen molar-refractivity contribution in [3.63, 3.8) is 0 Å². The second-order valence-corrected chi connectivity index (χ2v) is 5.95. The van der Waals surface area contributed by atoms with Crippen molar-refractivity contribution in [2.75, 3.05) is 11.9 Å². The highest BCUT2D eigenvalue weighted by Crippen LogP contribution is 2.23. The van der Waals surface area contributed by atoms with E-state index in [9.17, 15) is 14.0 Å². The number of halogens is 1. The first kappa shape index (κ1) is 18.4. The Hall–Kier alpha value is -2.89. The maximum atomic E-state index is 12.8. The van der Waals surface area contributed by atoms with Gasteiger partial charge in [0.1, 0.15) is 5.82 Å². The molecule has 3 amide bonds. The quantitative estimate of drug-likeness (QED) is 0.752. The fourth-order valence-corrected chi connectivity index (χ4v) is 2.32. The van der Waals surface area contributed by atoms with Crippen molar-refractivity contribution >= 4 is 17.6 Å². The van der Waals surface area contributed by atoms with Crippen molar-refractivity contribution in [2.45, 2.75) is 26.3 Å². The lowest BCUT2D eigenvalue weighted by atomic mass is 10.0. The summed E-state index contributed by atoms with van der Waals surface area (Å²) >= 11 is 0. The molecule has 2 rings (SSSR count). The summed E-state index contributed by atoms with van der Waals surface area (Å²) in [5, 5.41) is 7.92. The molecule has 0 saturated heterocycles. The summed E-state index contributed by atoms with van der Waals surface area (Å²) in [4.78, 5) is 23.7. The number of carbonyl (C=O) groups excluding carboxylic acids is 2. The van der Waals surface area contributed by atoms with Gasteiger partial charge in [0.25, 0.3) is 0 Å². The average molecular weight is 343 g/mol. The van der Waals surface area contributed by atoms with Gasteiger partial charge in [-0.05, 0) is 35.2 Å². The zero-order valence-electron chi connectivity index (χ0n) is 14.3. The maximum absolute atomic E-state index is 12.8. The molecule has 0 aliphatic carbocycles. The summed E-state index contributed by atoms with van der Waals surface area (Å²) in [6.45, 7) is 4.21. The van der Waals surface area contributed by atoms with Gasteiger partial charge < -0.3 is 16.0 Å². The summed E-state index contributed by atoms with van der Waals surface area (Å²) in [6, 6.07) is 12.9. The Bertz CT molecular complexity index is 730. The van der Waals surface area contributed by atoms with Gasteiger partial charge in [-0.1, -0.05) is 44.2 Å². The van der Waals surface area contributed by atoms with Crippen LogP contribution in [0.25, 0.3) is 0 Å². The first-order valence-corrected chi connectivity index (χ1v) is 8.10. The van der Waals surface area contributed by atoms with Crippen LogP contribution in [-0.2, 0) is 11.3 Å². The Balaban J connectivity index is 1.78. The molecule has 2 aromatic carbocycles. The molecule has 0 fully saturated rings. The zero-order valence-corrected chi connectivity index (χ0v) is 14.3. The van der Waals surface area contributed by atoms with Gasteiger partial charge in [-0.15, -0.1) is 0 Å². The second kappa shape index (κ2) is 8.82. The number of hydrogen-bond acceptors (Lipinski definition) is 2. The summed E-state index contributed by atoms with van der Waals surface area (Å²) < 4.78 is 12.8. The molecule has 0 unspecified atom stereocenters. The molecule has 0 spiro atoms. The van der Waals surface area contributed by atoms with E-state index in [4.69, 9.17) is 0 Å². The van der Waals surface area contributed by atoms with Crippen LogP contribution in [-0.4, -0.2) is 18.5 Å². The molecule has 0 aliphatic heterocycles. The first-order valence-electron chi connectivity index (χ1n) is 8.10. The van der Waals surface area contributed by atoms with Gasteiger partial charge in [0.15, 0.2) is 0 Å². The van der Waals surface area contributed by atoms with Crippen LogP contribution in [0.5, 0.6) is 0 Å². The average Bonchev–Trinajstić information content (AvgIpc) is 2.59. The number of nitrogens with one attached hydrogen (secondary N) is 3. The molecule has 0 saturated carbocycles. The Kier molecular flexibility index (Phi) is 6.51. The number of anilines is 1. The lowest BCUT2D eigenvalue weighted by Crippen LogP contribution is -2.39. The lowest BCUT2D eigenvalue weighted by Gasteiger charge is -2.14. The Morgan fingerprint density at radius 3 is 2.36 bits per heavy atom. The van der Waals surface area contributed by atoms with Crippen molar-refractivity contribution in [1.82, 2.24) is 10.6 Å². The minimum absolute atomic E-state index is 0.137. The van der Waals surface area contributed by atoms with Gasteiger partial charge in [0, 0.05) is 12.2 Å². The van der Waals surface area contributed by atoms with Crippen molar-refractivity contribution < 1.29 is 14.0 Å². The van der Waals surface area contributed by atoms with Crippen LogP contribution in [0.15, 0.2) is 48.5 Å². The molecule has 0 radical (unpaired) electrons. The van der Waals surface area contributed by atoms with E-state index in [1.54, 1.807) is 12.1 Å². The van der Waals surface area contributed by atoms with Crippen LogP contribution >= 0.6 is 0 Å². The fraction of sp³-hybridized carbons (Fsp3) is 0.263. The molecule has 2 aromatic rings. The van der Waals surface area contributed by atoms with E-state index in [0.29, 0.717) is 0 Å². The zero-order chi connectivity index (χ0) is 18.2. The highest BCUT2D eigenvalue weighted by molar-refractivity contribution is 5.95. The Morgan fingerprint density at radius 2 is 1.68 bits per heavy atom. The van der Waals surface area contributed by atoms with E-state index in [0.717, 1.165) is 16.8 Å². The molecule has 3 N–H and O–H groups in total. The Labute approximate surface area is 146 Å². The summed E-state index contributed by atoms with van der Waals surface area (Å²) in [5.41, 5.74) is 2.56. The third-order valence-corrected chi connectivity index (χ3v) is 3.63. The molecule has 0 atom stereocenters. The number of para-hydroxylation sites is 1. The van der Waals surface area contributed by atoms with E-state index in [1.807, 2.05) is 38.1 Å². The molecule has 0 heterocycles. The minimum atomic E-state index is -0.461. The molecule has 0 bridgehead atoms. The van der Waals surface area contributed by atoms with Crippen LogP contribution in [0.4, 0.5) is 14.9 Å². The standard InChI is InChI=1S/C19H22FN3O2/c1-13(2)16-5-3-4-6-17(16)23-18(24)12-22-19(25)21-11-14-7-9-15(20)10-8-14/h3-10,13H,11-12H2,1-2H3,(H,23,24)(H2,21,22,25). The number of urea groups is 1. The lowest BCUT2D eigenvalue weighted by molar-refractivity contribution is -0.115. The van der Waals surface area contributed by atoms with E-state index < -0.39 is 6.03 Å². The van der Waals surface area contributed by atoms with E-state index in [2.05, 4.69) is 16.0 Å². The van der Waals surface area contributed by atoms with Gasteiger partial charge in [-0.3, -0.25) is 4.79 Å². The number of amides is 3. The summed E-state index contributed by atoms with van der Waals surface area (Å²) in [7, 11) is 0. The van der Waals surface area contributed by atoms with Crippen LogP contribution in [0, 0.1) is 5.82 Å². The van der Waals surface area contributed by atoms with Crippen LogP contribution in [0.3, 0.4) is 0 Å². The van der Waals surface area contributed by atoms with Gasteiger partial charge in [-0.25, -0.2) is 9.18 Å². The summed E-state index contributed by atoms with van der Waals surface area (Å²) in [6.07, 6.45) is 0. The van der Waals surface area contributed by atoms with Gasteiger partial charge in [0.05, 0.1) is 6.54 Å². The SMILES string of the molecule is CC(C)c1ccccc1NC(=O)CNC(=O)NCc1ccc(F)cc1. The van der Waals surface area contributed by atoms with Crippen LogP contribution < -0.4 is 16.0 Å². The molecule has 132 valence electrons. The molecular formula is C19H22FN3O2. The smallest absolute Gasteiger partial charge is 0.315 e. The molecular weight excluding hydrogens is 321 g/mol. The number of benzene rings is 2. The molecule has 6 heteroatoms. The third kappa shape index (κ3) is 5.91. The van der Waals surface area contributed by atoms with Crippen molar-refractivity contribution in [1.29, 1.82) is 0 Å². The number of hydrogen-bond donors (Lipinski definition) is 3. The highest BCUT2D eigenvalue weighted by Gasteiger charge is 2.10. The highest BCUT2D eigenvalue weighted by atomic mass is 19.1. The molecule has 25 heavy (non-hydrogen) atoms. The topological polar surface area (TPSA) is 70.2 Å². The van der Waals surface area contributed by atoms with Crippen molar-refractivity contribution in [3.05, 3.63) is 65.5 Å². The monoisotopic (exact) mass is 343 g/mol. The van der Waals surface area contributed by atoms with Gasteiger partial charge in [0.2, 0.25) is 5.91 Å². The van der Waals surface area contributed by atoms with E-state index >= 15 is 0 Å². The first-order chi connectivity index (χ1) is 12.0. The fourth-order valence-electron chi connectivity index (χ4n) is 2.32. The van der Waals surface area contributed by atoms with Crippen molar-refractivity contribution in [3.8, 4) is 0 Å². The van der Waals surface area contributed by atoms with E-state index in [1.165, 1.54) is 12.1 Å². The predicted octanol–water partition coefficient (Wildman–Crippen LogP) is 3.39. The van der Waals surface area contributed by atoms with Crippen molar-refractivity contribution in [2.24, 2.45) is 0 Å². The normalized spacial score (nSPS) is 10.4. The molecule has 0 aliphatic rings. The van der Waals surface area contributed by atoms with Gasteiger partial charge in [-0.2, -0.15) is 0 Å². The largest absolute Gasteiger partial charge is 0.334 e. The number of rotatable bonds is 6. The van der Waals surface area contributed by atoms with Crippen LogP contribution in [0.1, 0.15) is 30.9 Å². The Morgan fingerprint density at radius 1 is 1.00 bits per heavy atom. The van der Waals surface area contributed by atoms with Crippen LogP contribution in [0.2, 0.25) is 0 Å². The summed E-state index contributed by atoms with van der Waals surface area (Å²) in [5.74, 6) is -0.347. The maximum Gasteiger partial charge on any atom is 0.315 e. The number of carbonyl (C=O) groups is 2. The second-order valence-electron chi connectivity index (χ2n) is 5.95. The van der Waals surface area contributed by atoms with E-state index in [-0.39, 0.29) is 30.7 Å². The predicted molar refractivity (Wildman–Crippen MR) is 95.8 cm³/mol. The molecule has 5 nitrogen and oxygen atoms in total. The molecule has 0 aromatic heterocycles.